The number of hydrogen-bond donors (Lipinski definition) is 0. The Balaban J connectivity index is 2.30. The molecule has 0 aromatic carbocycles. The van der Waals surface area contributed by atoms with E-state index in [0.29, 0.717) is 19.4 Å². The van der Waals surface area contributed by atoms with Crippen LogP contribution in [0.25, 0.3) is 0 Å². The maximum atomic E-state index is 12.8. The number of rotatable bonds is 4. The van der Waals surface area contributed by atoms with Gasteiger partial charge in [-0.05, 0) is 19.8 Å². The number of ether oxygens (including phenoxy) is 1. The minimum Gasteiger partial charge on any atom is -0.374 e. The lowest BCUT2D eigenvalue weighted by atomic mass is 9.84. The van der Waals surface area contributed by atoms with Crippen LogP contribution in [0.5, 0.6) is 0 Å². The Labute approximate surface area is 82.6 Å². The lowest BCUT2D eigenvalue weighted by Crippen LogP contribution is -2.30. The molecular weight excluding hydrogens is 190 g/mol. The molecule has 2 nitrogen and oxygen atoms in total. The molecule has 1 fully saturated rings. The summed E-state index contributed by atoms with van der Waals surface area (Å²) in [7, 11) is 0. The zero-order valence-corrected chi connectivity index (χ0v) is 8.39. The molecule has 82 valence electrons. The zero-order chi connectivity index (χ0) is 10.6. The number of carbonyl (C=O) groups excluding carboxylic acids is 1. The van der Waals surface area contributed by atoms with Gasteiger partial charge in [-0.2, -0.15) is 0 Å². The highest BCUT2D eigenvalue weighted by molar-refractivity contribution is 5.82. The van der Waals surface area contributed by atoms with Gasteiger partial charge >= 0.3 is 0 Å². The van der Waals surface area contributed by atoms with E-state index >= 15 is 0 Å². The molecule has 0 aromatic rings. The third-order valence-corrected chi connectivity index (χ3v) is 2.62. The Morgan fingerprint density at radius 3 is 2.50 bits per heavy atom. The van der Waals surface area contributed by atoms with E-state index in [1.54, 1.807) is 0 Å². The zero-order valence-electron chi connectivity index (χ0n) is 8.39. The van der Waals surface area contributed by atoms with Crippen LogP contribution in [0.2, 0.25) is 0 Å². The lowest BCUT2D eigenvalue weighted by molar-refractivity contribution is -0.131. The molecular formula is C10H16F2O2. The highest BCUT2D eigenvalue weighted by Crippen LogP contribution is 2.36. The van der Waals surface area contributed by atoms with Gasteiger partial charge in [0.1, 0.15) is 6.61 Å². The molecule has 1 aliphatic rings. The van der Waals surface area contributed by atoms with Gasteiger partial charge in [-0.15, -0.1) is 0 Å². The highest BCUT2D eigenvalue weighted by Gasteiger charge is 2.37. The molecule has 0 unspecified atom stereocenters. The topological polar surface area (TPSA) is 26.3 Å². The molecule has 0 aliphatic heterocycles. The minimum absolute atomic E-state index is 0.0256. The SMILES string of the molecule is CCOCC(=O)C1CCC(F)(F)CC1. The minimum atomic E-state index is -2.55. The molecule has 0 saturated heterocycles. The third-order valence-electron chi connectivity index (χ3n) is 2.62. The van der Waals surface area contributed by atoms with Crippen molar-refractivity contribution in [3.8, 4) is 0 Å². The molecule has 0 heterocycles. The monoisotopic (exact) mass is 206 g/mol. The Bertz CT molecular complexity index is 194. The van der Waals surface area contributed by atoms with Crippen molar-refractivity contribution in [3.63, 3.8) is 0 Å². The smallest absolute Gasteiger partial charge is 0.248 e. The number of Topliss-reactive ketones (excluding diaryl/α,β-unsaturated/α-hetero) is 1. The van der Waals surface area contributed by atoms with Crippen LogP contribution >= 0.6 is 0 Å². The first-order chi connectivity index (χ1) is 6.55. The maximum absolute atomic E-state index is 12.8. The largest absolute Gasteiger partial charge is 0.374 e. The summed E-state index contributed by atoms with van der Waals surface area (Å²) in [6, 6.07) is 0. The van der Waals surface area contributed by atoms with Crippen LogP contribution in [0.15, 0.2) is 0 Å². The van der Waals surface area contributed by atoms with Gasteiger partial charge in [0.05, 0.1) is 0 Å². The van der Waals surface area contributed by atoms with Crippen LogP contribution in [0, 0.1) is 5.92 Å². The van der Waals surface area contributed by atoms with Crippen molar-refractivity contribution in [2.45, 2.75) is 38.5 Å². The average molecular weight is 206 g/mol. The second-order valence-electron chi connectivity index (χ2n) is 3.73. The molecule has 0 aromatic heterocycles. The van der Waals surface area contributed by atoms with Crippen LogP contribution in [-0.4, -0.2) is 24.9 Å². The van der Waals surface area contributed by atoms with Crippen molar-refractivity contribution in [1.29, 1.82) is 0 Å². The Kier molecular flexibility index (Phi) is 3.98. The van der Waals surface area contributed by atoms with E-state index in [1.807, 2.05) is 6.92 Å². The molecule has 0 atom stereocenters. The van der Waals surface area contributed by atoms with E-state index in [0.717, 1.165) is 0 Å². The normalized spacial score (nSPS) is 22.2. The summed E-state index contributed by atoms with van der Waals surface area (Å²) in [5.41, 5.74) is 0. The van der Waals surface area contributed by atoms with Crippen molar-refractivity contribution in [2.75, 3.05) is 13.2 Å². The van der Waals surface area contributed by atoms with Crippen molar-refractivity contribution in [3.05, 3.63) is 0 Å². The van der Waals surface area contributed by atoms with Crippen molar-refractivity contribution >= 4 is 5.78 Å². The fraction of sp³-hybridized carbons (Fsp3) is 0.900. The number of carbonyl (C=O) groups is 1. The van der Waals surface area contributed by atoms with Crippen molar-refractivity contribution < 1.29 is 18.3 Å². The second-order valence-corrected chi connectivity index (χ2v) is 3.73. The van der Waals surface area contributed by atoms with Gasteiger partial charge in [-0.1, -0.05) is 0 Å². The van der Waals surface area contributed by atoms with Gasteiger partial charge < -0.3 is 4.74 Å². The number of alkyl halides is 2. The van der Waals surface area contributed by atoms with E-state index in [-0.39, 0.29) is 31.1 Å². The van der Waals surface area contributed by atoms with E-state index in [4.69, 9.17) is 4.74 Å². The number of hydrogen-bond acceptors (Lipinski definition) is 2. The first-order valence-electron chi connectivity index (χ1n) is 5.03. The molecule has 0 radical (unpaired) electrons. The molecule has 0 N–H and O–H groups in total. The molecule has 14 heavy (non-hydrogen) atoms. The van der Waals surface area contributed by atoms with Gasteiger partial charge in [-0.3, -0.25) is 4.79 Å². The maximum Gasteiger partial charge on any atom is 0.248 e. The molecule has 0 amide bonds. The van der Waals surface area contributed by atoms with Crippen LogP contribution < -0.4 is 0 Å². The standard InChI is InChI=1S/C10H16F2O2/c1-2-14-7-9(13)8-3-5-10(11,12)6-4-8/h8H,2-7H2,1H3. The van der Waals surface area contributed by atoms with E-state index in [1.165, 1.54) is 0 Å². The van der Waals surface area contributed by atoms with Gasteiger partial charge in [0, 0.05) is 25.4 Å². The van der Waals surface area contributed by atoms with Crippen molar-refractivity contribution in [2.24, 2.45) is 5.92 Å². The predicted molar refractivity (Wildman–Crippen MR) is 48.4 cm³/mol. The van der Waals surface area contributed by atoms with E-state index in [2.05, 4.69) is 0 Å². The van der Waals surface area contributed by atoms with Crippen molar-refractivity contribution in [1.82, 2.24) is 0 Å². The first-order valence-corrected chi connectivity index (χ1v) is 5.03. The summed E-state index contributed by atoms with van der Waals surface area (Å²) in [5, 5.41) is 0. The molecule has 1 saturated carbocycles. The Morgan fingerprint density at radius 2 is 2.00 bits per heavy atom. The average Bonchev–Trinajstić information content (AvgIpc) is 2.14. The number of halogens is 2. The molecule has 4 heteroatoms. The molecule has 0 spiro atoms. The Morgan fingerprint density at radius 1 is 1.43 bits per heavy atom. The van der Waals surface area contributed by atoms with E-state index < -0.39 is 5.92 Å². The van der Waals surface area contributed by atoms with Crippen LogP contribution in [0.4, 0.5) is 8.78 Å². The summed E-state index contributed by atoms with van der Waals surface area (Å²) in [5.74, 6) is -2.79. The van der Waals surface area contributed by atoms with Crippen LogP contribution in [-0.2, 0) is 9.53 Å². The van der Waals surface area contributed by atoms with Crippen LogP contribution in [0.3, 0.4) is 0 Å². The summed E-state index contributed by atoms with van der Waals surface area (Å²) in [6.07, 6.45) is 0.295. The fourth-order valence-corrected chi connectivity index (χ4v) is 1.68. The summed E-state index contributed by atoms with van der Waals surface area (Å²) in [6.45, 7) is 2.38. The fourth-order valence-electron chi connectivity index (χ4n) is 1.68. The third kappa shape index (κ3) is 3.33. The molecule has 0 bridgehead atoms. The molecule has 1 aliphatic carbocycles. The van der Waals surface area contributed by atoms with Gasteiger partial charge in [0.25, 0.3) is 0 Å². The van der Waals surface area contributed by atoms with Crippen LogP contribution in [0.1, 0.15) is 32.6 Å². The quantitative estimate of drug-likeness (QED) is 0.706. The second kappa shape index (κ2) is 4.82. The van der Waals surface area contributed by atoms with Gasteiger partial charge in [0.15, 0.2) is 5.78 Å². The molecule has 1 rings (SSSR count). The summed E-state index contributed by atoms with van der Waals surface area (Å²) < 4.78 is 30.5. The summed E-state index contributed by atoms with van der Waals surface area (Å²) >= 11 is 0. The number of ketones is 1. The predicted octanol–water partition coefficient (Wildman–Crippen LogP) is 2.42. The Hall–Kier alpha value is -0.510. The lowest BCUT2D eigenvalue weighted by Gasteiger charge is -2.27. The summed E-state index contributed by atoms with van der Waals surface area (Å²) in [4.78, 5) is 11.4. The van der Waals surface area contributed by atoms with E-state index in [9.17, 15) is 13.6 Å². The first kappa shape index (κ1) is 11.6. The highest BCUT2D eigenvalue weighted by atomic mass is 19.3. The van der Waals surface area contributed by atoms with Gasteiger partial charge in [0.2, 0.25) is 5.92 Å². The van der Waals surface area contributed by atoms with Gasteiger partial charge in [-0.25, -0.2) is 8.78 Å².